The van der Waals surface area contributed by atoms with Crippen molar-refractivity contribution < 1.29 is 9.59 Å². The summed E-state index contributed by atoms with van der Waals surface area (Å²) in [6.45, 7) is 8.94. The number of hydrogen-bond donors (Lipinski definition) is 2. The minimum Gasteiger partial charge on any atom is -0.351 e. The van der Waals surface area contributed by atoms with Crippen LogP contribution in [0.5, 0.6) is 0 Å². The second kappa shape index (κ2) is 8.19. The van der Waals surface area contributed by atoms with Crippen LogP contribution in [0, 0.1) is 12.3 Å². The Labute approximate surface area is 169 Å². The lowest BCUT2D eigenvalue weighted by molar-refractivity contribution is -0.123. The van der Waals surface area contributed by atoms with E-state index in [4.69, 9.17) is 0 Å². The highest BCUT2D eigenvalue weighted by molar-refractivity contribution is 7.18. The van der Waals surface area contributed by atoms with Gasteiger partial charge < -0.3 is 15.2 Å². The molecule has 5 nitrogen and oxygen atoms in total. The van der Waals surface area contributed by atoms with E-state index in [1.807, 2.05) is 45.9 Å². The minimum atomic E-state index is -0.469. The number of para-hydroxylation sites is 1. The fraction of sp³-hybridized carbons (Fsp3) is 0.364. The van der Waals surface area contributed by atoms with Crippen molar-refractivity contribution in [1.29, 1.82) is 0 Å². The average Bonchev–Trinajstić information content (AvgIpc) is 3.21. The van der Waals surface area contributed by atoms with Crippen LogP contribution in [0.15, 0.2) is 42.6 Å². The van der Waals surface area contributed by atoms with Crippen LogP contribution in [0.1, 0.15) is 42.4 Å². The van der Waals surface area contributed by atoms with Gasteiger partial charge in [-0.05, 0) is 42.5 Å². The largest absolute Gasteiger partial charge is 0.351 e. The lowest BCUT2D eigenvalue weighted by Gasteiger charge is -2.16. The summed E-state index contributed by atoms with van der Waals surface area (Å²) >= 11 is 1.32. The number of rotatable bonds is 6. The van der Waals surface area contributed by atoms with E-state index in [9.17, 15) is 9.59 Å². The first-order valence-electron chi connectivity index (χ1n) is 9.49. The van der Waals surface area contributed by atoms with Crippen LogP contribution < -0.4 is 10.6 Å². The van der Waals surface area contributed by atoms with E-state index in [0.29, 0.717) is 16.4 Å². The summed E-state index contributed by atoms with van der Waals surface area (Å²) in [5.41, 5.74) is 1.62. The molecule has 2 heterocycles. The zero-order chi connectivity index (χ0) is 20.3. The Balaban J connectivity index is 1.53. The van der Waals surface area contributed by atoms with Crippen molar-refractivity contribution in [1.82, 2.24) is 9.88 Å². The Hall–Kier alpha value is -2.60. The Kier molecular flexibility index (Phi) is 5.89. The molecule has 1 aromatic carbocycles. The van der Waals surface area contributed by atoms with E-state index in [1.165, 1.54) is 22.2 Å². The van der Waals surface area contributed by atoms with Gasteiger partial charge in [-0.1, -0.05) is 39.0 Å². The number of aryl methyl sites for hydroxylation is 2. The van der Waals surface area contributed by atoms with Gasteiger partial charge >= 0.3 is 0 Å². The van der Waals surface area contributed by atoms with E-state index in [2.05, 4.69) is 39.6 Å². The molecule has 0 saturated carbocycles. The van der Waals surface area contributed by atoms with Crippen LogP contribution in [0.25, 0.3) is 10.9 Å². The van der Waals surface area contributed by atoms with E-state index < -0.39 is 5.41 Å². The quantitative estimate of drug-likeness (QED) is 0.586. The smallest absolute Gasteiger partial charge is 0.261 e. The van der Waals surface area contributed by atoms with Gasteiger partial charge in [0.2, 0.25) is 5.91 Å². The second-order valence-corrected chi connectivity index (χ2v) is 9.06. The molecule has 148 valence electrons. The van der Waals surface area contributed by atoms with Crippen LogP contribution in [0.2, 0.25) is 0 Å². The molecular formula is C22H27N3O2S. The number of nitrogens with zero attached hydrogens (tertiary/aromatic N) is 1. The molecule has 0 unspecified atom stereocenters. The molecule has 0 fully saturated rings. The van der Waals surface area contributed by atoms with Crippen LogP contribution in [0.3, 0.4) is 0 Å². The van der Waals surface area contributed by atoms with E-state index >= 15 is 0 Å². The highest BCUT2D eigenvalue weighted by atomic mass is 32.1. The fourth-order valence-electron chi connectivity index (χ4n) is 2.94. The maximum absolute atomic E-state index is 12.5. The molecule has 28 heavy (non-hydrogen) atoms. The normalized spacial score (nSPS) is 11.6. The van der Waals surface area contributed by atoms with Gasteiger partial charge in [-0.2, -0.15) is 0 Å². The van der Waals surface area contributed by atoms with Crippen molar-refractivity contribution in [3.05, 3.63) is 53.0 Å². The van der Waals surface area contributed by atoms with Crippen LogP contribution in [-0.4, -0.2) is 22.9 Å². The molecule has 0 aliphatic carbocycles. The minimum absolute atomic E-state index is 0.0559. The van der Waals surface area contributed by atoms with Crippen LogP contribution >= 0.6 is 11.3 Å². The SMILES string of the molecule is Cc1cc(NC(=O)C(C)(C)C)sc1C(=O)NCCCn1ccc2ccccc21. The molecule has 0 radical (unpaired) electrons. The van der Waals surface area contributed by atoms with Gasteiger partial charge in [0.15, 0.2) is 0 Å². The van der Waals surface area contributed by atoms with Gasteiger partial charge in [0.25, 0.3) is 5.91 Å². The zero-order valence-electron chi connectivity index (χ0n) is 16.8. The van der Waals surface area contributed by atoms with Gasteiger partial charge in [0.1, 0.15) is 0 Å². The maximum atomic E-state index is 12.5. The monoisotopic (exact) mass is 397 g/mol. The van der Waals surface area contributed by atoms with E-state index in [0.717, 1.165) is 18.5 Å². The summed E-state index contributed by atoms with van der Waals surface area (Å²) in [5, 5.41) is 7.83. The summed E-state index contributed by atoms with van der Waals surface area (Å²) in [6, 6.07) is 12.2. The van der Waals surface area contributed by atoms with Gasteiger partial charge in [-0.3, -0.25) is 9.59 Å². The van der Waals surface area contributed by atoms with Crippen molar-refractivity contribution in [2.75, 3.05) is 11.9 Å². The maximum Gasteiger partial charge on any atom is 0.261 e. The first-order valence-corrected chi connectivity index (χ1v) is 10.3. The second-order valence-electron chi connectivity index (χ2n) is 8.00. The third-order valence-electron chi connectivity index (χ3n) is 4.58. The van der Waals surface area contributed by atoms with Gasteiger partial charge in [0, 0.05) is 30.2 Å². The summed E-state index contributed by atoms with van der Waals surface area (Å²) in [4.78, 5) is 25.3. The van der Waals surface area contributed by atoms with Crippen molar-refractivity contribution in [2.24, 2.45) is 5.41 Å². The first-order chi connectivity index (χ1) is 13.3. The Morgan fingerprint density at radius 3 is 2.64 bits per heavy atom. The Morgan fingerprint density at radius 1 is 1.14 bits per heavy atom. The number of fused-ring (bicyclic) bond motifs is 1. The van der Waals surface area contributed by atoms with Crippen molar-refractivity contribution in [3.63, 3.8) is 0 Å². The molecule has 0 saturated heterocycles. The fourth-order valence-corrected chi connectivity index (χ4v) is 3.92. The summed E-state index contributed by atoms with van der Waals surface area (Å²) in [6.07, 6.45) is 2.93. The number of carbonyl (C=O) groups excluding carboxylic acids is 2. The zero-order valence-corrected chi connectivity index (χ0v) is 17.7. The Morgan fingerprint density at radius 2 is 1.89 bits per heavy atom. The molecule has 0 atom stereocenters. The number of carbonyl (C=O) groups is 2. The lowest BCUT2D eigenvalue weighted by Crippen LogP contribution is -2.27. The number of benzene rings is 1. The standard InChI is InChI=1S/C22H27N3O2S/c1-15-14-18(24-21(27)22(2,3)4)28-19(15)20(26)23-11-7-12-25-13-10-16-8-5-6-9-17(16)25/h5-6,8-10,13-14H,7,11-12H2,1-4H3,(H,23,26)(H,24,27). The molecule has 6 heteroatoms. The highest BCUT2D eigenvalue weighted by Gasteiger charge is 2.23. The predicted octanol–water partition coefficient (Wildman–Crippen LogP) is 4.82. The molecule has 2 N–H and O–H groups in total. The molecular weight excluding hydrogens is 370 g/mol. The summed E-state index contributed by atoms with van der Waals surface area (Å²) in [7, 11) is 0. The molecule has 0 aliphatic heterocycles. The van der Waals surface area contributed by atoms with Crippen molar-refractivity contribution in [2.45, 2.75) is 40.7 Å². The Bertz CT molecular complexity index is 995. The molecule has 0 bridgehead atoms. The number of amides is 2. The molecule has 0 spiro atoms. The lowest BCUT2D eigenvalue weighted by atomic mass is 9.96. The first kappa shape index (κ1) is 20.1. The summed E-state index contributed by atoms with van der Waals surface area (Å²) < 4.78 is 2.21. The van der Waals surface area contributed by atoms with Gasteiger partial charge in [-0.25, -0.2) is 0 Å². The van der Waals surface area contributed by atoms with E-state index in [-0.39, 0.29) is 11.8 Å². The molecule has 0 aliphatic rings. The van der Waals surface area contributed by atoms with Crippen LogP contribution in [0.4, 0.5) is 5.00 Å². The van der Waals surface area contributed by atoms with Crippen molar-refractivity contribution in [3.8, 4) is 0 Å². The average molecular weight is 398 g/mol. The van der Waals surface area contributed by atoms with Gasteiger partial charge in [-0.15, -0.1) is 11.3 Å². The number of thiophene rings is 1. The summed E-state index contributed by atoms with van der Waals surface area (Å²) in [5.74, 6) is -0.143. The van der Waals surface area contributed by atoms with Crippen LogP contribution in [-0.2, 0) is 11.3 Å². The van der Waals surface area contributed by atoms with E-state index in [1.54, 1.807) is 0 Å². The number of anilines is 1. The highest BCUT2D eigenvalue weighted by Crippen LogP contribution is 2.28. The van der Waals surface area contributed by atoms with Crippen molar-refractivity contribution >= 4 is 39.1 Å². The topological polar surface area (TPSA) is 63.1 Å². The molecule has 2 aromatic heterocycles. The number of aromatic nitrogens is 1. The third kappa shape index (κ3) is 4.62. The van der Waals surface area contributed by atoms with Gasteiger partial charge in [0.05, 0.1) is 9.88 Å². The molecule has 3 rings (SSSR count). The molecule has 2 amide bonds. The number of nitrogens with one attached hydrogen (secondary N) is 2. The molecule has 3 aromatic rings. The predicted molar refractivity (Wildman–Crippen MR) is 116 cm³/mol. The third-order valence-corrected chi connectivity index (χ3v) is 5.73. The number of hydrogen-bond acceptors (Lipinski definition) is 3.